The third-order valence-corrected chi connectivity index (χ3v) is 2.16. The second kappa shape index (κ2) is 2.81. The first-order valence-electron chi connectivity index (χ1n) is 2.64. The van der Waals surface area contributed by atoms with E-state index in [4.69, 9.17) is 0 Å². The molecular formula is C5H6FIO2. The van der Waals surface area contributed by atoms with Crippen LogP contribution in [0.5, 0.6) is 0 Å². The Labute approximate surface area is 65.9 Å². The predicted molar refractivity (Wildman–Crippen MR) is 38.3 cm³/mol. The number of ether oxygens (including phenoxy) is 1. The van der Waals surface area contributed by atoms with Crippen LogP contribution in [-0.2, 0) is 9.53 Å². The maximum Gasteiger partial charge on any atom is 0.341 e. The summed E-state index contributed by atoms with van der Waals surface area (Å²) in [6.07, 6.45) is -1.32. The molecule has 1 aliphatic rings. The number of hydrogen-bond acceptors (Lipinski definition) is 2. The second-order valence-electron chi connectivity index (χ2n) is 1.92. The number of halogens is 2. The van der Waals surface area contributed by atoms with E-state index in [0.29, 0.717) is 4.43 Å². The average molecular weight is 244 g/mol. The first kappa shape index (κ1) is 7.24. The first-order valence-corrected chi connectivity index (χ1v) is 4.17. The van der Waals surface area contributed by atoms with E-state index in [1.54, 1.807) is 0 Å². The molecule has 2 nitrogen and oxygen atoms in total. The van der Waals surface area contributed by atoms with E-state index in [0.717, 1.165) is 0 Å². The van der Waals surface area contributed by atoms with Crippen LogP contribution in [0.3, 0.4) is 0 Å². The van der Waals surface area contributed by atoms with Crippen molar-refractivity contribution in [3.05, 3.63) is 0 Å². The molecule has 0 aromatic heterocycles. The molecule has 0 amide bonds. The highest BCUT2D eigenvalue weighted by Gasteiger charge is 2.33. The van der Waals surface area contributed by atoms with E-state index in [-0.39, 0.29) is 12.5 Å². The molecule has 1 rings (SSSR count). The summed E-state index contributed by atoms with van der Waals surface area (Å²) >= 11 is 2.07. The minimum atomic E-state index is -1.37. The smallest absolute Gasteiger partial charge is 0.341 e. The lowest BCUT2D eigenvalue weighted by atomic mass is 10.2. The summed E-state index contributed by atoms with van der Waals surface area (Å²) in [7, 11) is 0. The van der Waals surface area contributed by atoms with Gasteiger partial charge in [-0.2, -0.15) is 0 Å². The van der Waals surface area contributed by atoms with E-state index < -0.39 is 12.1 Å². The molecule has 0 spiro atoms. The fourth-order valence-corrected chi connectivity index (χ4v) is 1.25. The summed E-state index contributed by atoms with van der Waals surface area (Å²) in [4.78, 5) is 10.3. The van der Waals surface area contributed by atoms with Gasteiger partial charge in [-0.25, -0.2) is 9.18 Å². The van der Waals surface area contributed by atoms with Gasteiger partial charge in [-0.05, 0) is 0 Å². The quantitative estimate of drug-likeness (QED) is 0.392. The summed E-state index contributed by atoms with van der Waals surface area (Å²) in [5, 5.41) is 0. The molecule has 2 atom stereocenters. The van der Waals surface area contributed by atoms with Crippen LogP contribution in [0, 0.1) is 0 Å². The van der Waals surface area contributed by atoms with Crippen molar-refractivity contribution in [3.63, 3.8) is 0 Å². The number of alkyl halides is 2. The normalized spacial score (nSPS) is 34.7. The van der Waals surface area contributed by atoms with Crippen molar-refractivity contribution in [1.29, 1.82) is 0 Å². The highest BCUT2D eigenvalue weighted by Crippen LogP contribution is 2.18. The van der Waals surface area contributed by atoms with Gasteiger partial charge in [0, 0.05) is 10.8 Å². The van der Waals surface area contributed by atoms with Crippen molar-refractivity contribution < 1.29 is 13.9 Å². The minimum absolute atomic E-state index is 0.187. The Morgan fingerprint density at radius 1 is 1.89 bits per heavy atom. The number of hydrogen-bond donors (Lipinski definition) is 0. The third-order valence-electron chi connectivity index (χ3n) is 1.18. The lowest BCUT2D eigenvalue weighted by molar-refractivity contribution is -0.144. The topological polar surface area (TPSA) is 26.3 Å². The van der Waals surface area contributed by atoms with Gasteiger partial charge < -0.3 is 4.74 Å². The molecule has 0 N–H and O–H groups in total. The summed E-state index contributed by atoms with van der Waals surface area (Å²) in [6.45, 7) is 0. The van der Waals surface area contributed by atoms with Crippen LogP contribution in [0.4, 0.5) is 4.39 Å². The van der Waals surface area contributed by atoms with Gasteiger partial charge in [0.25, 0.3) is 0 Å². The van der Waals surface area contributed by atoms with Crippen molar-refractivity contribution >= 4 is 28.6 Å². The number of esters is 1. The Bertz CT molecular complexity index is 128. The number of cyclic esters (lactones) is 1. The van der Waals surface area contributed by atoms with Crippen molar-refractivity contribution in [2.24, 2.45) is 0 Å². The molecule has 52 valence electrons. The van der Waals surface area contributed by atoms with Crippen LogP contribution in [0.1, 0.15) is 6.42 Å². The standard InChI is InChI=1S/C5H6FIO2/c6-4-1-3(2-7)9-5(4)8/h3-4H,1-2H2. The van der Waals surface area contributed by atoms with Crippen LogP contribution >= 0.6 is 22.6 Å². The van der Waals surface area contributed by atoms with Crippen LogP contribution in [0.2, 0.25) is 0 Å². The zero-order valence-corrected chi connectivity index (χ0v) is 6.80. The monoisotopic (exact) mass is 244 g/mol. The largest absolute Gasteiger partial charge is 0.459 e. The highest BCUT2D eigenvalue weighted by molar-refractivity contribution is 14.1. The second-order valence-corrected chi connectivity index (χ2v) is 2.80. The Hall–Kier alpha value is 0.130. The molecule has 0 saturated carbocycles. The summed E-state index contributed by atoms with van der Waals surface area (Å²) in [5.74, 6) is -0.698. The Kier molecular flexibility index (Phi) is 2.26. The molecule has 1 fully saturated rings. The van der Waals surface area contributed by atoms with Crippen LogP contribution < -0.4 is 0 Å². The van der Waals surface area contributed by atoms with Gasteiger partial charge in [0.15, 0.2) is 0 Å². The fraction of sp³-hybridized carbons (Fsp3) is 0.800. The molecule has 4 heteroatoms. The van der Waals surface area contributed by atoms with Crippen molar-refractivity contribution in [1.82, 2.24) is 0 Å². The Morgan fingerprint density at radius 3 is 2.78 bits per heavy atom. The van der Waals surface area contributed by atoms with E-state index >= 15 is 0 Å². The maximum atomic E-state index is 12.3. The number of rotatable bonds is 1. The molecule has 0 aromatic carbocycles. The lowest BCUT2D eigenvalue weighted by Gasteiger charge is -2.00. The van der Waals surface area contributed by atoms with Crippen LogP contribution in [0.15, 0.2) is 0 Å². The van der Waals surface area contributed by atoms with Crippen LogP contribution in [0.25, 0.3) is 0 Å². The van der Waals surface area contributed by atoms with E-state index in [9.17, 15) is 9.18 Å². The summed E-state index contributed by atoms with van der Waals surface area (Å²) in [5.41, 5.74) is 0. The van der Waals surface area contributed by atoms with E-state index in [2.05, 4.69) is 27.3 Å². The SMILES string of the molecule is O=C1OC(CI)CC1F. The molecule has 9 heavy (non-hydrogen) atoms. The molecular weight excluding hydrogens is 238 g/mol. The van der Waals surface area contributed by atoms with Crippen molar-refractivity contribution in [2.45, 2.75) is 18.7 Å². The van der Waals surface area contributed by atoms with Gasteiger partial charge in [0.1, 0.15) is 6.10 Å². The van der Waals surface area contributed by atoms with Gasteiger partial charge in [-0.3, -0.25) is 0 Å². The zero-order valence-electron chi connectivity index (χ0n) is 4.64. The number of carbonyl (C=O) groups is 1. The van der Waals surface area contributed by atoms with E-state index in [1.165, 1.54) is 0 Å². The molecule has 0 aliphatic carbocycles. The molecule has 1 saturated heterocycles. The summed E-state index contributed by atoms with van der Waals surface area (Å²) in [6, 6.07) is 0. The maximum absolute atomic E-state index is 12.3. The predicted octanol–water partition coefficient (Wildman–Crippen LogP) is 1.07. The fourth-order valence-electron chi connectivity index (χ4n) is 0.708. The van der Waals surface area contributed by atoms with Gasteiger partial charge in [0.2, 0.25) is 6.17 Å². The average Bonchev–Trinajstić information content (AvgIpc) is 2.13. The molecule has 0 radical (unpaired) electrons. The van der Waals surface area contributed by atoms with Gasteiger partial charge in [-0.15, -0.1) is 0 Å². The third kappa shape index (κ3) is 1.53. The van der Waals surface area contributed by atoms with Crippen molar-refractivity contribution in [2.75, 3.05) is 4.43 Å². The highest BCUT2D eigenvalue weighted by atomic mass is 127. The number of carbonyl (C=O) groups excluding carboxylic acids is 1. The molecule has 2 unspecified atom stereocenters. The zero-order chi connectivity index (χ0) is 6.85. The molecule has 0 bridgehead atoms. The molecule has 1 aliphatic heterocycles. The van der Waals surface area contributed by atoms with Gasteiger partial charge in [0.05, 0.1) is 0 Å². The van der Waals surface area contributed by atoms with E-state index in [1.807, 2.05) is 0 Å². The first-order chi connectivity index (χ1) is 4.24. The van der Waals surface area contributed by atoms with Gasteiger partial charge >= 0.3 is 5.97 Å². The summed E-state index contributed by atoms with van der Waals surface area (Å²) < 4.78 is 17.6. The molecule has 0 aromatic rings. The van der Waals surface area contributed by atoms with Crippen LogP contribution in [-0.4, -0.2) is 22.7 Å². The molecule has 1 heterocycles. The minimum Gasteiger partial charge on any atom is -0.459 e. The van der Waals surface area contributed by atoms with Gasteiger partial charge in [-0.1, -0.05) is 22.6 Å². The lowest BCUT2D eigenvalue weighted by Crippen LogP contribution is -2.07. The van der Waals surface area contributed by atoms with Crippen molar-refractivity contribution in [3.8, 4) is 0 Å². The Morgan fingerprint density at radius 2 is 2.56 bits per heavy atom. The Balaban J connectivity index is 2.44.